The van der Waals surface area contributed by atoms with E-state index < -0.39 is 5.91 Å². The van der Waals surface area contributed by atoms with E-state index in [1.54, 1.807) is 6.07 Å². The molecule has 4 aromatic heterocycles. The highest BCUT2D eigenvalue weighted by atomic mass is 32.1. The monoisotopic (exact) mass is 431 g/mol. The van der Waals surface area contributed by atoms with Crippen LogP contribution in [0.25, 0.3) is 32.4 Å². The standard InChI is InChI=1S/C22H17N5O3S/c1-12(2)18-15-8-14(9-23-20(15)30-26-18)19(28)25-27-11-24-21-17(22(27)29)16(10-31-21)13-6-4-3-5-7-13/h3-12H,1-2H3,(H,25,28). The number of hydrogen-bond donors (Lipinski definition) is 1. The number of aromatic nitrogens is 4. The van der Waals surface area contributed by atoms with Crippen molar-refractivity contribution in [2.24, 2.45) is 0 Å². The molecule has 1 N–H and O–H groups in total. The van der Waals surface area contributed by atoms with Crippen LogP contribution in [0.2, 0.25) is 0 Å². The molecule has 0 spiro atoms. The molecule has 0 radical (unpaired) electrons. The number of carbonyl (C=O) groups excluding carboxylic acids is 1. The number of nitrogens with one attached hydrogen (secondary N) is 1. The second-order valence-corrected chi connectivity index (χ2v) is 8.21. The third-order valence-electron chi connectivity index (χ3n) is 4.97. The Morgan fingerprint density at radius 1 is 1.19 bits per heavy atom. The van der Waals surface area contributed by atoms with Gasteiger partial charge in [0.05, 0.1) is 22.0 Å². The molecule has 154 valence electrons. The van der Waals surface area contributed by atoms with Gasteiger partial charge in [0.2, 0.25) is 0 Å². The zero-order valence-corrected chi connectivity index (χ0v) is 17.5. The highest BCUT2D eigenvalue weighted by Crippen LogP contribution is 2.30. The second kappa shape index (κ2) is 7.44. The van der Waals surface area contributed by atoms with Crippen LogP contribution in [-0.2, 0) is 0 Å². The first-order chi connectivity index (χ1) is 15.0. The molecular formula is C22H17N5O3S. The van der Waals surface area contributed by atoms with Crippen molar-refractivity contribution in [3.8, 4) is 11.1 Å². The average Bonchev–Trinajstić information content (AvgIpc) is 3.40. The van der Waals surface area contributed by atoms with Crippen LogP contribution in [0, 0.1) is 0 Å². The summed E-state index contributed by atoms with van der Waals surface area (Å²) in [7, 11) is 0. The molecule has 4 heterocycles. The minimum absolute atomic E-state index is 0.116. The minimum atomic E-state index is -0.481. The maximum atomic E-state index is 13.1. The lowest BCUT2D eigenvalue weighted by molar-refractivity contribution is 0.101. The van der Waals surface area contributed by atoms with Gasteiger partial charge < -0.3 is 4.52 Å². The van der Waals surface area contributed by atoms with Crippen LogP contribution in [0.5, 0.6) is 0 Å². The number of nitrogens with zero attached hydrogens (tertiary/aromatic N) is 4. The van der Waals surface area contributed by atoms with E-state index in [4.69, 9.17) is 4.52 Å². The van der Waals surface area contributed by atoms with Crippen molar-refractivity contribution in [2.45, 2.75) is 19.8 Å². The second-order valence-electron chi connectivity index (χ2n) is 7.36. The van der Waals surface area contributed by atoms with E-state index in [-0.39, 0.29) is 17.0 Å². The number of amides is 1. The van der Waals surface area contributed by atoms with Gasteiger partial charge in [-0.3, -0.25) is 15.0 Å². The fraction of sp³-hybridized carbons (Fsp3) is 0.136. The Balaban J connectivity index is 1.53. The fourth-order valence-corrected chi connectivity index (χ4v) is 4.31. The average molecular weight is 431 g/mol. The topological polar surface area (TPSA) is 103 Å². The van der Waals surface area contributed by atoms with Gasteiger partial charge in [0.1, 0.15) is 11.2 Å². The summed E-state index contributed by atoms with van der Waals surface area (Å²) in [6.45, 7) is 3.96. The zero-order valence-electron chi connectivity index (χ0n) is 16.7. The van der Waals surface area contributed by atoms with Crippen molar-refractivity contribution < 1.29 is 9.32 Å². The van der Waals surface area contributed by atoms with Crippen LogP contribution in [0.1, 0.15) is 35.8 Å². The first-order valence-electron chi connectivity index (χ1n) is 9.64. The lowest BCUT2D eigenvalue weighted by atomic mass is 10.1. The van der Waals surface area contributed by atoms with Gasteiger partial charge in [-0.1, -0.05) is 49.3 Å². The number of benzene rings is 1. The Labute approximate surface area is 180 Å². The highest BCUT2D eigenvalue weighted by Gasteiger charge is 2.18. The molecule has 8 nitrogen and oxygen atoms in total. The normalized spacial score (nSPS) is 11.5. The molecule has 1 amide bonds. The van der Waals surface area contributed by atoms with E-state index in [0.29, 0.717) is 21.3 Å². The lowest BCUT2D eigenvalue weighted by Gasteiger charge is -2.08. The van der Waals surface area contributed by atoms with Crippen molar-refractivity contribution in [3.63, 3.8) is 0 Å². The fourth-order valence-electron chi connectivity index (χ4n) is 3.41. The van der Waals surface area contributed by atoms with Crippen LogP contribution >= 0.6 is 11.3 Å². The smallest absolute Gasteiger partial charge is 0.281 e. The predicted octanol–water partition coefficient (Wildman–Crippen LogP) is 4.17. The third-order valence-corrected chi connectivity index (χ3v) is 5.85. The maximum absolute atomic E-state index is 13.1. The van der Waals surface area contributed by atoms with Crippen LogP contribution in [0.4, 0.5) is 0 Å². The summed E-state index contributed by atoms with van der Waals surface area (Å²) in [6.07, 6.45) is 2.71. The molecule has 5 aromatic rings. The van der Waals surface area contributed by atoms with Crippen LogP contribution in [0.15, 0.2) is 63.6 Å². The first kappa shape index (κ1) is 19.1. The molecular weight excluding hydrogens is 414 g/mol. The molecule has 31 heavy (non-hydrogen) atoms. The number of fused-ring (bicyclic) bond motifs is 2. The summed E-state index contributed by atoms with van der Waals surface area (Å²) >= 11 is 1.39. The summed E-state index contributed by atoms with van der Waals surface area (Å²) < 4.78 is 6.32. The number of rotatable bonds is 4. The summed E-state index contributed by atoms with van der Waals surface area (Å²) in [4.78, 5) is 35.1. The number of hydrogen-bond acceptors (Lipinski definition) is 7. The van der Waals surface area contributed by atoms with Crippen molar-refractivity contribution in [1.29, 1.82) is 0 Å². The molecule has 0 atom stereocenters. The van der Waals surface area contributed by atoms with Gasteiger partial charge in [0.25, 0.3) is 17.2 Å². The predicted molar refractivity (Wildman–Crippen MR) is 119 cm³/mol. The molecule has 0 unspecified atom stereocenters. The third kappa shape index (κ3) is 3.28. The number of pyridine rings is 1. The molecule has 0 fully saturated rings. The maximum Gasteiger partial charge on any atom is 0.281 e. The van der Waals surface area contributed by atoms with Crippen LogP contribution in [-0.4, -0.2) is 25.7 Å². The molecule has 1 aromatic carbocycles. The van der Waals surface area contributed by atoms with E-state index >= 15 is 0 Å². The van der Waals surface area contributed by atoms with E-state index in [1.165, 1.54) is 23.9 Å². The first-order valence-corrected chi connectivity index (χ1v) is 10.5. The quantitative estimate of drug-likeness (QED) is 0.458. The summed E-state index contributed by atoms with van der Waals surface area (Å²) in [5.74, 6) is -0.365. The van der Waals surface area contributed by atoms with Gasteiger partial charge in [-0.25, -0.2) is 14.6 Å². The SMILES string of the molecule is CC(C)c1noc2ncc(C(=O)Nn3cnc4scc(-c5ccccc5)c4c3=O)cc12. The van der Waals surface area contributed by atoms with E-state index in [2.05, 4.69) is 20.6 Å². The van der Waals surface area contributed by atoms with Crippen LogP contribution < -0.4 is 11.0 Å². The van der Waals surface area contributed by atoms with E-state index in [9.17, 15) is 9.59 Å². The molecule has 0 aliphatic heterocycles. The molecule has 0 saturated heterocycles. The Morgan fingerprint density at radius 2 is 2.00 bits per heavy atom. The highest BCUT2D eigenvalue weighted by molar-refractivity contribution is 7.17. The molecule has 0 aliphatic carbocycles. The Morgan fingerprint density at radius 3 is 2.77 bits per heavy atom. The number of thiophene rings is 1. The molecule has 5 rings (SSSR count). The molecule has 0 saturated carbocycles. The van der Waals surface area contributed by atoms with Gasteiger partial charge in [0, 0.05) is 17.1 Å². The van der Waals surface area contributed by atoms with Gasteiger partial charge in [0.15, 0.2) is 0 Å². The van der Waals surface area contributed by atoms with Gasteiger partial charge in [-0.2, -0.15) is 0 Å². The Hall–Kier alpha value is -3.85. The number of carbonyl (C=O) groups is 1. The summed E-state index contributed by atoms with van der Waals surface area (Å²) in [6, 6.07) is 11.3. The Bertz CT molecular complexity index is 1480. The van der Waals surface area contributed by atoms with Crippen molar-refractivity contribution in [1.82, 2.24) is 19.8 Å². The minimum Gasteiger partial charge on any atom is -0.336 e. The van der Waals surface area contributed by atoms with Gasteiger partial charge in [-0.05, 0) is 17.5 Å². The zero-order chi connectivity index (χ0) is 21.5. The largest absolute Gasteiger partial charge is 0.336 e. The van der Waals surface area contributed by atoms with Gasteiger partial charge in [-0.15, -0.1) is 11.3 Å². The van der Waals surface area contributed by atoms with Crippen molar-refractivity contribution in [3.05, 3.63) is 75.9 Å². The molecule has 0 bridgehead atoms. The van der Waals surface area contributed by atoms with Gasteiger partial charge >= 0.3 is 0 Å². The lowest BCUT2D eigenvalue weighted by Crippen LogP contribution is -2.33. The molecule has 0 aliphatic rings. The van der Waals surface area contributed by atoms with Crippen LogP contribution in [0.3, 0.4) is 0 Å². The molecule has 9 heteroatoms. The summed E-state index contributed by atoms with van der Waals surface area (Å²) in [5, 5.41) is 7.07. The Kier molecular flexibility index (Phi) is 4.59. The van der Waals surface area contributed by atoms with E-state index in [0.717, 1.165) is 21.5 Å². The van der Waals surface area contributed by atoms with Crippen molar-refractivity contribution in [2.75, 3.05) is 5.43 Å². The van der Waals surface area contributed by atoms with Crippen molar-refractivity contribution >= 4 is 38.6 Å². The summed E-state index contributed by atoms with van der Waals surface area (Å²) in [5.41, 5.74) is 5.35. The van der Waals surface area contributed by atoms with E-state index in [1.807, 2.05) is 49.6 Å².